The quantitative estimate of drug-likeness (QED) is 0.874. The van der Waals surface area contributed by atoms with Crippen molar-refractivity contribution in [3.8, 4) is 0 Å². The van der Waals surface area contributed by atoms with Crippen LogP contribution in [-0.2, 0) is 4.74 Å². The predicted molar refractivity (Wildman–Crippen MR) is 75.2 cm³/mol. The maximum Gasteiger partial charge on any atom is 0.127 e. The number of nitrogens with zero attached hydrogens (tertiary/aromatic N) is 2. The zero-order chi connectivity index (χ0) is 13.4. The van der Waals surface area contributed by atoms with Crippen molar-refractivity contribution in [1.82, 2.24) is 4.98 Å². The summed E-state index contributed by atoms with van der Waals surface area (Å²) in [6.45, 7) is 10.3. The van der Waals surface area contributed by atoms with Crippen LogP contribution < -0.4 is 10.2 Å². The molecule has 0 aliphatic carbocycles. The first kappa shape index (κ1) is 13.1. The van der Waals surface area contributed by atoms with Crippen molar-refractivity contribution < 1.29 is 4.74 Å². The lowest BCUT2D eigenvalue weighted by atomic mass is 9.98. The largest absolute Gasteiger partial charge is 0.373 e. The van der Waals surface area contributed by atoms with Crippen LogP contribution in [0.25, 0.3) is 0 Å². The normalized spacial score (nSPS) is 21.7. The number of morpholine rings is 1. The van der Waals surface area contributed by atoms with E-state index in [0.29, 0.717) is 0 Å². The van der Waals surface area contributed by atoms with Crippen LogP contribution in [0.4, 0.5) is 11.5 Å². The summed E-state index contributed by atoms with van der Waals surface area (Å²) in [4.78, 5) is 6.62. The van der Waals surface area contributed by atoms with Crippen LogP contribution in [0.15, 0.2) is 18.3 Å². The van der Waals surface area contributed by atoms with Gasteiger partial charge in [-0.05, 0) is 33.8 Å². The molecule has 0 spiro atoms. The van der Waals surface area contributed by atoms with Crippen molar-refractivity contribution in [3.63, 3.8) is 0 Å². The third-order valence-electron chi connectivity index (χ3n) is 3.06. The minimum absolute atomic E-state index is 0.134. The Balaban J connectivity index is 2.26. The number of aromatic nitrogens is 1. The maximum atomic E-state index is 6.10. The Morgan fingerprint density at radius 1 is 1.22 bits per heavy atom. The number of rotatable bonds is 2. The second-order valence-electron chi connectivity index (χ2n) is 6.13. The molecule has 0 unspecified atom stereocenters. The lowest BCUT2D eigenvalue weighted by Crippen LogP contribution is -2.57. The second-order valence-corrected chi connectivity index (χ2v) is 6.13. The summed E-state index contributed by atoms with van der Waals surface area (Å²) in [5.41, 5.74) is 0.925. The highest BCUT2D eigenvalue weighted by atomic mass is 16.5. The first-order valence-corrected chi connectivity index (χ1v) is 6.40. The summed E-state index contributed by atoms with van der Waals surface area (Å²) >= 11 is 0. The van der Waals surface area contributed by atoms with Crippen molar-refractivity contribution in [1.29, 1.82) is 0 Å². The van der Waals surface area contributed by atoms with E-state index in [-0.39, 0.29) is 11.2 Å². The van der Waals surface area contributed by atoms with E-state index in [1.807, 2.05) is 13.2 Å². The van der Waals surface area contributed by atoms with Crippen molar-refractivity contribution in [3.05, 3.63) is 18.3 Å². The van der Waals surface area contributed by atoms with E-state index in [9.17, 15) is 0 Å². The summed E-state index contributed by atoms with van der Waals surface area (Å²) < 4.78 is 6.10. The summed E-state index contributed by atoms with van der Waals surface area (Å²) in [7, 11) is 1.89. The molecule has 1 saturated heterocycles. The molecule has 1 aromatic heterocycles. The van der Waals surface area contributed by atoms with Gasteiger partial charge in [-0.3, -0.25) is 0 Å². The van der Waals surface area contributed by atoms with Crippen LogP contribution in [0.1, 0.15) is 27.7 Å². The standard InChI is InChI=1S/C14H23N3O/c1-13(2)9-17(10-14(3,4)18-13)11-6-7-16-12(8-11)15-5/h6-8H,9-10H2,1-5H3,(H,15,16). The van der Waals surface area contributed by atoms with Crippen molar-refractivity contribution in [2.24, 2.45) is 0 Å². The Bertz CT molecular complexity index is 413. The second kappa shape index (κ2) is 4.43. The smallest absolute Gasteiger partial charge is 0.127 e. The summed E-state index contributed by atoms with van der Waals surface area (Å²) in [5, 5.41) is 3.08. The van der Waals surface area contributed by atoms with E-state index in [0.717, 1.165) is 18.9 Å². The predicted octanol–water partition coefficient (Wildman–Crippen LogP) is 2.52. The van der Waals surface area contributed by atoms with Gasteiger partial charge in [0.05, 0.1) is 11.2 Å². The first-order valence-electron chi connectivity index (χ1n) is 6.40. The molecular formula is C14H23N3O. The Kier molecular flexibility index (Phi) is 3.23. The minimum Gasteiger partial charge on any atom is -0.373 e. The molecule has 0 bridgehead atoms. The van der Waals surface area contributed by atoms with E-state index < -0.39 is 0 Å². The van der Waals surface area contributed by atoms with Gasteiger partial charge in [0, 0.05) is 38.1 Å². The van der Waals surface area contributed by atoms with Crippen LogP contribution in [0.5, 0.6) is 0 Å². The molecule has 1 N–H and O–H groups in total. The van der Waals surface area contributed by atoms with Crippen LogP contribution in [-0.4, -0.2) is 36.3 Å². The minimum atomic E-state index is -0.134. The molecule has 1 fully saturated rings. The average Bonchev–Trinajstić information content (AvgIpc) is 2.25. The fraction of sp³-hybridized carbons (Fsp3) is 0.643. The van der Waals surface area contributed by atoms with Gasteiger partial charge in [0.1, 0.15) is 5.82 Å². The molecule has 4 nitrogen and oxygen atoms in total. The van der Waals surface area contributed by atoms with Crippen LogP contribution >= 0.6 is 0 Å². The molecule has 0 aromatic carbocycles. The zero-order valence-electron chi connectivity index (χ0n) is 11.9. The molecule has 0 radical (unpaired) electrons. The molecule has 0 atom stereocenters. The monoisotopic (exact) mass is 249 g/mol. The number of hydrogen-bond acceptors (Lipinski definition) is 4. The highest BCUT2D eigenvalue weighted by Gasteiger charge is 2.38. The van der Waals surface area contributed by atoms with Crippen LogP contribution in [0, 0.1) is 0 Å². The highest BCUT2D eigenvalue weighted by Crippen LogP contribution is 2.31. The molecule has 4 heteroatoms. The van der Waals surface area contributed by atoms with Gasteiger partial charge < -0.3 is 15.0 Å². The van der Waals surface area contributed by atoms with Crippen molar-refractivity contribution in [2.75, 3.05) is 30.4 Å². The Morgan fingerprint density at radius 3 is 2.39 bits per heavy atom. The summed E-state index contributed by atoms with van der Waals surface area (Å²) in [6.07, 6.45) is 1.84. The first-order chi connectivity index (χ1) is 8.31. The third-order valence-corrected chi connectivity index (χ3v) is 3.06. The van der Waals surface area contributed by atoms with E-state index in [2.05, 4.69) is 55.0 Å². The van der Waals surface area contributed by atoms with Gasteiger partial charge in [-0.25, -0.2) is 4.98 Å². The van der Waals surface area contributed by atoms with E-state index >= 15 is 0 Å². The molecule has 1 aromatic rings. The molecule has 18 heavy (non-hydrogen) atoms. The van der Waals surface area contributed by atoms with Crippen molar-refractivity contribution >= 4 is 11.5 Å². The molecular weight excluding hydrogens is 226 g/mol. The molecule has 1 aliphatic heterocycles. The summed E-state index contributed by atoms with van der Waals surface area (Å²) in [5.74, 6) is 0.898. The number of pyridine rings is 1. The fourth-order valence-electron chi connectivity index (χ4n) is 2.72. The molecule has 2 rings (SSSR count). The Labute approximate surface area is 109 Å². The van der Waals surface area contributed by atoms with E-state index in [1.54, 1.807) is 0 Å². The lowest BCUT2D eigenvalue weighted by Gasteiger charge is -2.48. The van der Waals surface area contributed by atoms with Crippen LogP contribution in [0.2, 0.25) is 0 Å². The summed E-state index contributed by atoms with van der Waals surface area (Å²) in [6, 6.07) is 4.13. The zero-order valence-corrected chi connectivity index (χ0v) is 11.9. The number of ether oxygens (including phenoxy) is 1. The lowest BCUT2D eigenvalue weighted by molar-refractivity contribution is -0.133. The maximum absolute atomic E-state index is 6.10. The van der Waals surface area contributed by atoms with Crippen molar-refractivity contribution in [2.45, 2.75) is 38.9 Å². The molecule has 0 amide bonds. The van der Waals surface area contributed by atoms with Gasteiger partial charge in [0.15, 0.2) is 0 Å². The van der Waals surface area contributed by atoms with Gasteiger partial charge >= 0.3 is 0 Å². The molecule has 100 valence electrons. The topological polar surface area (TPSA) is 37.4 Å². The fourth-order valence-corrected chi connectivity index (χ4v) is 2.72. The van der Waals surface area contributed by atoms with E-state index in [4.69, 9.17) is 4.74 Å². The molecule has 1 aliphatic rings. The van der Waals surface area contributed by atoms with Gasteiger partial charge in [-0.15, -0.1) is 0 Å². The van der Waals surface area contributed by atoms with Gasteiger partial charge in [-0.1, -0.05) is 0 Å². The molecule has 2 heterocycles. The van der Waals surface area contributed by atoms with Gasteiger partial charge in [0.25, 0.3) is 0 Å². The van der Waals surface area contributed by atoms with Gasteiger partial charge in [-0.2, -0.15) is 0 Å². The number of hydrogen-bond donors (Lipinski definition) is 1. The molecule has 0 saturated carbocycles. The van der Waals surface area contributed by atoms with Gasteiger partial charge in [0.2, 0.25) is 0 Å². The van der Waals surface area contributed by atoms with E-state index in [1.165, 1.54) is 5.69 Å². The Hall–Kier alpha value is -1.29. The van der Waals surface area contributed by atoms with Crippen LogP contribution in [0.3, 0.4) is 0 Å². The average molecular weight is 249 g/mol. The SMILES string of the molecule is CNc1cc(N2CC(C)(C)OC(C)(C)C2)ccn1. The number of nitrogens with one attached hydrogen (secondary N) is 1. The third kappa shape index (κ3) is 2.93. The Morgan fingerprint density at radius 2 is 1.83 bits per heavy atom. The highest BCUT2D eigenvalue weighted by molar-refractivity contribution is 5.54. The number of anilines is 2.